The van der Waals surface area contributed by atoms with Gasteiger partial charge in [-0.3, -0.25) is 4.79 Å². The number of aryl methyl sites for hydroxylation is 1. The molecule has 3 atom stereocenters. The van der Waals surface area contributed by atoms with Crippen molar-refractivity contribution in [1.82, 2.24) is 10.7 Å². The van der Waals surface area contributed by atoms with Crippen LogP contribution in [0, 0.1) is 11.8 Å². The van der Waals surface area contributed by atoms with Crippen molar-refractivity contribution in [2.24, 2.45) is 16.9 Å². The van der Waals surface area contributed by atoms with E-state index in [0.717, 1.165) is 43.0 Å². The average Bonchev–Trinajstić information content (AvgIpc) is 3.01. The zero-order chi connectivity index (χ0) is 16.7. The van der Waals surface area contributed by atoms with Gasteiger partial charge in [0.05, 0.1) is 17.4 Å². The molecule has 0 spiro atoms. The molecule has 0 bridgehead atoms. The van der Waals surface area contributed by atoms with Crippen LogP contribution in [0.2, 0.25) is 0 Å². The van der Waals surface area contributed by atoms with Gasteiger partial charge >= 0.3 is 0 Å². The van der Waals surface area contributed by atoms with Crippen molar-refractivity contribution in [3.63, 3.8) is 0 Å². The van der Waals surface area contributed by atoms with Crippen molar-refractivity contribution < 1.29 is 4.79 Å². The molecule has 1 saturated heterocycles. The van der Waals surface area contributed by atoms with E-state index < -0.39 is 0 Å². The lowest BCUT2D eigenvalue weighted by atomic mass is 9.84. The lowest BCUT2D eigenvalue weighted by molar-refractivity contribution is -0.121. The normalized spacial score (nSPS) is 28.9. The number of nitrogens with one attached hydrogen (secondary N) is 2. The third kappa shape index (κ3) is 2.51. The van der Waals surface area contributed by atoms with Gasteiger partial charge in [-0.25, -0.2) is 0 Å². The number of amides is 1. The van der Waals surface area contributed by atoms with Crippen LogP contribution in [0.1, 0.15) is 37.8 Å². The summed E-state index contributed by atoms with van der Waals surface area (Å²) in [6, 6.07) is 6.55. The Morgan fingerprint density at radius 3 is 3.00 bits per heavy atom. The minimum atomic E-state index is -0.152. The zero-order valence-electron chi connectivity index (χ0n) is 14.5. The van der Waals surface area contributed by atoms with Gasteiger partial charge in [0.2, 0.25) is 5.91 Å². The van der Waals surface area contributed by atoms with E-state index in [2.05, 4.69) is 41.0 Å². The maximum atomic E-state index is 13.2. The molecule has 3 aliphatic heterocycles. The molecule has 3 unspecified atom stereocenters. The van der Waals surface area contributed by atoms with E-state index in [0.29, 0.717) is 5.92 Å². The van der Waals surface area contributed by atoms with E-state index in [1.807, 2.05) is 11.8 Å². The number of rotatable bonds is 3. The number of hydrazone groups is 1. The molecule has 3 aliphatic rings. The summed E-state index contributed by atoms with van der Waals surface area (Å²) in [7, 11) is 0. The molecule has 0 radical (unpaired) electrons. The number of hydrogen-bond donors (Lipinski definition) is 2. The highest BCUT2D eigenvalue weighted by molar-refractivity contribution is 6.24. The molecule has 1 amide bonds. The Labute approximate surface area is 143 Å². The number of fused-ring (bicyclic) bond motifs is 3. The number of anilines is 1. The van der Waals surface area contributed by atoms with Gasteiger partial charge in [0.25, 0.3) is 0 Å². The van der Waals surface area contributed by atoms with Crippen molar-refractivity contribution >= 4 is 17.3 Å². The number of benzene rings is 1. The second kappa shape index (κ2) is 6.20. The predicted molar refractivity (Wildman–Crippen MR) is 96.4 cm³/mol. The summed E-state index contributed by atoms with van der Waals surface area (Å²) >= 11 is 0. The molecule has 4 rings (SSSR count). The highest BCUT2D eigenvalue weighted by atomic mass is 16.2. The summed E-state index contributed by atoms with van der Waals surface area (Å²) in [4.78, 5) is 15.2. The van der Waals surface area contributed by atoms with Gasteiger partial charge in [-0.05, 0) is 62.9 Å². The average molecular weight is 326 g/mol. The largest absolute Gasteiger partial charge is 0.316 e. The van der Waals surface area contributed by atoms with Gasteiger partial charge in [-0.2, -0.15) is 5.10 Å². The number of nitrogens with zero attached hydrogens (tertiary/aromatic N) is 2. The van der Waals surface area contributed by atoms with Crippen molar-refractivity contribution in [2.45, 2.75) is 39.2 Å². The molecular formula is C19H26N4O. The van der Waals surface area contributed by atoms with Crippen molar-refractivity contribution in [3.05, 3.63) is 29.3 Å². The number of piperidine rings is 1. The molecule has 5 nitrogen and oxygen atoms in total. The standard InChI is InChI=1S/C19H26N4O/c1-3-13-6-7-16-15(9-13)18-17(12(2)21-22-18)19(24)23(16)11-14-5-4-8-20-10-14/h6-7,9,12,14,17,20-21H,3-5,8,10-11H2,1-2H3. The van der Waals surface area contributed by atoms with E-state index >= 15 is 0 Å². The van der Waals surface area contributed by atoms with Crippen LogP contribution in [-0.2, 0) is 11.2 Å². The SMILES string of the molecule is CCc1ccc2c(c1)C1=NNC(C)C1C(=O)N2CC1CCCNC1. The van der Waals surface area contributed by atoms with Gasteiger partial charge in [-0.1, -0.05) is 13.0 Å². The van der Waals surface area contributed by atoms with Crippen LogP contribution in [0.4, 0.5) is 5.69 Å². The Balaban J connectivity index is 1.72. The van der Waals surface area contributed by atoms with E-state index in [1.165, 1.54) is 18.4 Å². The lowest BCUT2D eigenvalue weighted by Crippen LogP contribution is -2.50. The molecule has 128 valence electrons. The van der Waals surface area contributed by atoms with Crippen molar-refractivity contribution in [3.8, 4) is 0 Å². The second-order valence-corrected chi connectivity index (χ2v) is 7.26. The lowest BCUT2D eigenvalue weighted by Gasteiger charge is -2.37. The Morgan fingerprint density at radius 2 is 2.25 bits per heavy atom. The maximum absolute atomic E-state index is 13.2. The fourth-order valence-electron chi connectivity index (χ4n) is 4.17. The Hall–Kier alpha value is -1.88. The smallest absolute Gasteiger partial charge is 0.238 e. The van der Waals surface area contributed by atoms with E-state index in [4.69, 9.17) is 0 Å². The van der Waals surface area contributed by atoms with Crippen LogP contribution >= 0.6 is 0 Å². The third-order valence-corrected chi connectivity index (χ3v) is 5.59. The molecule has 1 aromatic carbocycles. The molecule has 5 heteroatoms. The van der Waals surface area contributed by atoms with Gasteiger partial charge in [0, 0.05) is 12.1 Å². The first-order valence-corrected chi connectivity index (χ1v) is 9.17. The molecular weight excluding hydrogens is 300 g/mol. The second-order valence-electron chi connectivity index (χ2n) is 7.26. The first-order valence-electron chi connectivity index (χ1n) is 9.17. The quantitative estimate of drug-likeness (QED) is 0.892. The molecule has 0 saturated carbocycles. The highest BCUT2D eigenvalue weighted by Gasteiger charge is 2.44. The maximum Gasteiger partial charge on any atom is 0.238 e. The molecule has 3 heterocycles. The Morgan fingerprint density at radius 1 is 1.38 bits per heavy atom. The van der Waals surface area contributed by atoms with Gasteiger partial charge in [0.1, 0.15) is 5.92 Å². The Bertz CT molecular complexity index is 678. The summed E-state index contributed by atoms with van der Waals surface area (Å²) in [6.45, 7) is 7.12. The minimum absolute atomic E-state index is 0.0675. The molecule has 24 heavy (non-hydrogen) atoms. The van der Waals surface area contributed by atoms with Gasteiger partial charge in [-0.15, -0.1) is 0 Å². The zero-order valence-corrected chi connectivity index (χ0v) is 14.5. The van der Waals surface area contributed by atoms with Gasteiger partial charge < -0.3 is 15.6 Å². The molecule has 0 aromatic heterocycles. The molecule has 1 fully saturated rings. The summed E-state index contributed by atoms with van der Waals surface area (Å²) in [6.07, 6.45) is 3.38. The predicted octanol–water partition coefficient (Wildman–Crippen LogP) is 1.91. The third-order valence-electron chi connectivity index (χ3n) is 5.59. The minimum Gasteiger partial charge on any atom is -0.316 e. The molecule has 1 aromatic rings. The van der Waals surface area contributed by atoms with E-state index in [1.54, 1.807) is 0 Å². The fourth-order valence-corrected chi connectivity index (χ4v) is 4.17. The van der Waals surface area contributed by atoms with Crippen LogP contribution in [-0.4, -0.2) is 37.3 Å². The van der Waals surface area contributed by atoms with Crippen molar-refractivity contribution in [1.29, 1.82) is 0 Å². The summed E-state index contributed by atoms with van der Waals surface area (Å²) in [5, 5.41) is 7.96. The molecule has 2 N–H and O–H groups in total. The summed E-state index contributed by atoms with van der Waals surface area (Å²) in [5.74, 6) is 0.583. The first-order chi connectivity index (χ1) is 11.7. The van der Waals surface area contributed by atoms with Gasteiger partial charge in [0.15, 0.2) is 0 Å². The van der Waals surface area contributed by atoms with Crippen molar-refractivity contribution in [2.75, 3.05) is 24.5 Å². The Kier molecular flexibility index (Phi) is 4.04. The van der Waals surface area contributed by atoms with Crippen LogP contribution in [0.25, 0.3) is 0 Å². The summed E-state index contributed by atoms with van der Waals surface area (Å²) < 4.78 is 0. The summed E-state index contributed by atoms with van der Waals surface area (Å²) in [5.41, 5.74) is 7.52. The van der Waals surface area contributed by atoms with E-state index in [-0.39, 0.29) is 17.9 Å². The highest BCUT2D eigenvalue weighted by Crippen LogP contribution is 2.36. The topological polar surface area (TPSA) is 56.7 Å². The number of carbonyl (C=O) groups excluding carboxylic acids is 1. The monoisotopic (exact) mass is 326 g/mol. The van der Waals surface area contributed by atoms with Crippen LogP contribution in [0.15, 0.2) is 23.3 Å². The molecule has 0 aliphatic carbocycles. The van der Waals surface area contributed by atoms with E-state index in [9.17, 15) is 4.79 Å². The fraction of sp³-hybridized carbons (Fsp3) is 0.579. The number of carbonyl (C=O) groups is 1. The van der Waals surface area contributed by atoms with Crippen LogP contribution in [0.3, 0.4) is 0 Å². The first kappa shape index (κ1) is 15.6. The number of hydrogen-bond acceptors (Lipinski definition) is 4. The van der Waals surface area contributed by atoms with Crippen LogP contribution in [0.5, 0.6) is 0 Å². The van der Waals surface area contributed by atoms with Crippen LogP contribution < -0.4 is 15.6 Å².